The number of benzene rings is 4. The largest absolute Gasteiger partial charge is 0.497 e. The van der Waals surface area contributed by atoms with Crippen molar-refractivity contribution in [2.45, 2.75) is 44.7 Å². The maximum absolute atomic E-state index is 11.8. The third kappa shape index (κ3) is 5.91. The Hall–Kier alpha value is -4.13. The van der Waals surface area contributed by atoms with Crippen LogP contribution in [-0.4, -0.2) is 43.7 Å². The normalized spacial score (nSPS) is 18.2. The van der Waals surface area contributed by atoms with Crippen molar-refractivity contribution in [3.8, 4) is 17.2 Å². The highest BCUT2D eigenvalue weighted by atomic mass is 16.7. The molecule has 0 saturated heterocycles. The van der Waals surface area contributed by atoms with Crippen LogP contribution in [0.2, 0.25) is 0 Å². The SMILES string of the molecule is COc1ccc2c(c1)CCN(OC)[C@@H]2Cc1ccc(Oc2ccc(C[C@@H]3c4ccc(C)cc4CCN3C=O)cc2)cc1. The van der Waals surface area contributed by atoms with Crippen LogP contribution >= 0.6 is 0 Å². The summed E-state index contributed by atoms with van der Waals surface area (Å²) in [7, 11) is 3.46. The van der Waals surface area contributed by atoms with Gasteiger partial charge in [0.15, 0.2) is 0 Å². The maximum atomic E-state index is 11.8. The lowest BCUT2D eigenvalue weighted by molar-refractivity contribution is -0.167. The Morgan fingerprint density at radius 3 is 1.93 bits per heavy atom. The summed E-state index contributed by atoms with van der Waals surface area (Å²) in [6.07, 6.45) is 4.45. The van der Waals surface area contributed by atoms with Crippen molar-refractivity contribution in [2.75, 3.05) is 27.3 Å². The molecular formula is C36H38N2O4. The van der Waals surface area contributed by atoms with Crippen LogP contribution in [0.1, 0.15) is 51.0 Å². The number of fused-ring (bicyclic) bond motifs is 2. The third-order valence-electron chi connectivity index (χ3n) is 8.67. The minimum atomic E-state index is 0.0540. The molecule has 0 fully saturated rings. The molecule has 0 spiro atoms. The zero-order chi connectivity index (χ0) is 29.1. The fraction of sp³-hybridized carbons (Fsp3) is 0.306. The summed E-state index contributed by atoms with van der Waals surface area (Å²) in [4.78, 5) is 19.5. The second-order valence-electron chi connectivity index (χ2n) is 11.3. The molecule has 2 atom stereocenters. The lowest BCUT2D eigenvalue weighted by Gasteiger charge is -2.35. The van der Waals surface area contributed by atoms with Crippen LogP contribution in [0.4, 0.5) is 0 Å². The Morgan fingerprint density at radius 2 is 1.29 bits per heavy atom. The van der Waals surface area contributed by atoms with Gasteiger partial charge in [-0.3, -0.25) is 4.79 Å². The monoisotopic (exact) mass is 562 g/mol. The first-order valence-electron chi connectivity index (χ1n) is 14.7. The molecule has 6 nitrogen and oxygen atoms in total. The maximum Gasteiger partial charge on any atom is 0.210 e. The van der Waals surface area contributed by atoms with E-state index in [1.54, 1.807) is 14.2 Å². The van der Waals surface area contributed by atoms with E-state index in [-0.39, 0.29) is 12.1 Å². The first kappa shape index (κ1) is 28.0. The van der Waals surface area contributed by atoms with E-state index in [4.69, 9.17) is 14.3 Å². The lowest BCUT2D eigenvalue weighted by atomic mass is 9.88. The van der Waals surface area contributed by atoms with Crippen molar-refractivity contribution in [3.63, 3.8) is 0 Å². The predicted molar refractivity (Wildman–Crippen MR) is 164 cm³/mol. The molecule has 6 rings (SSSR count). The smallest absolute Gasteiger partial charge is 0.210 e. The van der Waals surface area contributed by atoms with Crippen LogP contribution in [0.5, 0.6) is 17.2 Å². The van der Waals surface area contributed by atoms with Crippen molar-refractivity contribution < 1.29 is 19.1 Å². The third-order valence-corrected chi connectivity index (χ3v) is 8.67. The Bertz CT molecular complexity index is 1530. The van der Waals surface area contributed by atoms with Crippen LogP contribution in [0.15, 0.2) is 84.9 Å². The molecule has 0 saturated carbocycles. The number of hydrogen-bond donors (Lipinski definition) is 0. The topological polar surface area (TPSA) is 51.2 Å². The molecule has 216 valence electrons. The first-order valence-corrected chi connectivity index (χ1v) is 14.7. The Kier molecular flexibility index (Phi) is 8.27. The van der Waals surface area contributed by atoms with Gasteiger partial charge in [0.05, 0.1) is 26.3 Å². The Balaban J connectivity index is 1.11. The van der Waals surface area contributed by atoms with Crippen LogP contribution in [0, 0.1) is 6.92 Å². The summed E-state index contributed by atoms with van der Waals surface area (Å²) in [5.41, 5.74) is 8.87. The van der Waals surface area contributed by atoms with Gasteiger partial charge in [0.1, 0.15) is 17.2 Å². The summed E-state index contributed by atoms with van der Waals surface area (Å²) in [5, 5.41) is 2.07. The minimum absolute atomic E-state index is 0.0540. The van der Waals surface area contributed by atoms with E-state index in [2.05, 4.69) is 66.6 Å². The molecule has 42 heavy (non-hydrogen) atoms. The average Bonchev–Trinajstić information content (AvgIpc) is 3.02. The van der Waals surface area contributed by atoms with E-state index in [1.165, 1.54) is 38.9 Å². The van der Waals surface area contributed by atoms with Crippen LogP contribution in [0.25, 0.3) is 0 Å². The number of rotatable bonds is 9. The molecule has 0 bridgehead atoms. The predicted octanol–water partition coefficient (Wildman–Crippen LogP) is 6.80. The average molecular weight is 563 g/mol. The van der Waals surface area contributed by atoms with Gasteiger partial charge in [0.2, 0.25) is 6.41 Å². The zero-order valence-electron chi connectivity index (χ0n) is 24.6. The summed E-state index contributed by atoms with van der Waals surface area (Å²) >= 11 is 0. The van der Waals surface area contributed by atoms with Crippen molar-refractivity contribution >= 4 is 6.41 Å². The number of aryl methyl sites for hydroxylation is 1. The molecule has 2 aliphatic rings. The fourth-order valence-corrected chi connectivity index (χ4v) is 6.41. The van der Waals surface area contributed by atoms with Crippen molar-refractivity contribution in [2.24, 2.45) is 0 Å². The van der Waals surface area contributed by atoms with E-state index >= 15 is 0 Å². The lowest BCUT2D eigenvalue weighted by Crippen LogP contribution is -2.35. The first-order chi connectivity index (χ1) is 20.5. The molecule has 0 radical (unpaired) electrons. The second kappa shape index (κ2) is 12.4. The molecular weight excluding hydrogens is 524 g/mol. The molecule has 0 unspecified atom stereocenters. The molecule has 0 aliphatic carbocycles. The van der Waals surface area contributed by atoms with Gasteiger partial charge in [-0.2, -0.15) is 5.06 Å². The summed E-state index contributed by atoms with van der Waals surface area (Å²) < 4.78 is 11.6. The van der Waals surface area contributed by atoms with Gasteiger partial charge in [-0.1, -0.05) is 54.1 Å². The molecule has 0 N–H and O–H groups in total. The number of carbonyl (C=O) groups excluding carboxylic acids is 1. The molecule has 4 aromatic rings. The number of amides is 1. The van der Waals surface area contributed by atoms with Gasteiger partial charge in [-0.05, 0) is 102 Å². The zero-order valence-corrected chi connectivity index (χ0v) is 24.6. The molecule has 0 aromatic heterocycles. The van der Waals surface area contributed by atoms with Gasteiger partial charge in [0, 0.05) is 13.1 Å². The van der Waals surface area contributed by atoms with E-state index < -0.39 is 0 Å². The second-order valence-corrected chi connectivity index (χ2v) is 11.3. The van der Waals surface area contributed by atoms with Gasteiger partial charge >= 0.3 is 0 Å². The Labute approximate surface area is 248 Å². The van der Waals surface area contributed by atoms with Gasteiger partial charge < -0.3 is 19.2 Å². The highest BCUT2D eigenvalue weighted by Gasteiger charge is 2.29. The highest BCUT2D eigenvalue weighted by molar-refractivity contribution is 5.52. The number of carbonyl (C=O) groups is 1. The number of methoxy groups -OCH3 is 1. The Morgan fingerprint density at radius 1 is 0.714 bits per heavy atom. The number of nitrogens with zero attached hydrogens (tertiary/aromatic N) is 2. The van der Waals surface area contributed by atoms with Crippen molar-refractivity contribution in [1.29, 1.82) is 0 Å². The quantitative estimate of drug-likeness (QED) is 0.210. The standard InChI is InChI=1S/C36H38N2O4/c1-25-4-14-33-28(20-25)16-18-37(24-39)35(33)21-26-5-9-30(10-6-26)42-31-11-7-27(8-12-31)22-36-34-15-13-32(40-2)23-29(34)17-19-38(36)41-3/h4-15,20,23-24,35-36H,16-19,21-22H2,1-3H3/t35-,36-/m1/s1. The van der Waals surface area contributed by atoms with Gasteiger partial charge in [0.25, 0.3) is 0 Å². The van der Waals surface area contributed by atoms with Crippen LogP contribution in [0.3, 0.4) is 0 Å². The minimum Gasteiger partial charge on any atom is -0.497 e. The van der Waals surface area contributed by atoms with Crippen molar-refractivity contribution in [3.05, 3.63) is 124 Å². The molecule has 2 heterocycles. The highest BCUT2D eigenvalue weighted by Crippen LogP contribution is 2.36. The summed E-state index contributed by atoms with van der Waals surface area (Å²) in [5.74, 6) is 2.48. The van der Waals surface area contributed by atoms with E-state index in [0.29, 0.717) is 0 Å². The van der Waals surface area contributed by atoms with Gasteiger partial charge in [-0.25, -0.2) is 0 Å². The van der Waals surface area contributed by atoms with Gasteiger partial charge in [-0.15, -0.1) is 0 Å². The molecule has 2 aliphatic heterocycles. The molecule has 4 aromatic carbocycles. The number of ether oxygens (including phenoxy) is 2. The number of hydrogen-bond acceptors (Lipinski definition) is 5. The fourth-order valence-electron chi connectivity index (χ4n) is 6.41. The van der Waals surface area contributed by atoms with E-state index in [1.807, 2.05) is 35.2 Å². The molecule has 1 amide bonds. The summed E-state index contributed by atoms with van der Waals surface area (Å²) in [6.45, 7) is 3.72. The van der Waals surface area contributed by atoms with Crippen molar-refractivity contribution in [1.82, 2.24) is 9.96 Å². The van der Waals surface area contributed by atoms with E-state index in [9.17, 15) is 4.79 Å². The molecule has 6 heteroatoms. The summed E-state index contributed by atoms with van der Waals surface area (Å²) in [6, 6.07) is 29.6. The van der Waals surface area contributed by atoms with Crippen LogP contribution in [-0.2, 0) is 35.3 Å². The number of hydroxylamine groups is 2. The van der Waals surface area contributed by atoms with E-state index in [0.717, 1.165) is 62.4 Å². The van der Waals surface area contributed by atoms with Crippen LogP contribution < -0.4 is 9.47 Å².